The Kier molecular flexibility index (Phi) is 1.73. The van der Waals surface area contributed by atoms with Crippen LogP contribution in [0, 0.1) is 0 Å². The number of nitrogens with two attached hydrogens (primary N) is 1. The SMILES string of the molecule is CCNc1nc(N)c2[nH]cnc2n1. The van der Waals surface area contributed by atoms with E-state index in [1.54, 1.807) is 6.33 Å². The molecule has 0 aromatic carbocycles. The van der Waals surface area contributed by atoms with E-state index in [1.165, 1.54) is 0 Å². The maximum Gasteiger partial charge on any atom is 0.226 e. The molecule has 2 aromatic heterocycles. The van der Waals surface area contributed by atoms with Crippen molar-refractivity contribution >= 4 is 22.9 Å². The van der Waals surface area contributed by atoms with Crippen molar-refractivity contribution in [1.82, 2.24) is 19.9 Å². The smallest absolute Gasteiger partial charge is 0.226 e. The number of aromatic amines is 1. The molecule has 2 rings (SSSR count). The van der Waals surface area contributed by atoms with Gasteiger partial charge in [-0.05, 0) is 6.92 Å². The summed E-state index contributed by atoms with van der Waals surface area (Å²) < 4.78 is 0. The molecule has 0 spiro atoms. The highest BCUT2D eigenvalue weighted by molar-refractivity contribution is 5.82. The minimum absolute atomic E-state index is 0.415. The molecule has 0 atom stereocenters. The summed E-state index contributed by atoms with van der Waals surface area (Å²) in [6.07, 6.45) is 1.55. The van der Waals surface area contributed by atoms with Crippen LogP contribution in [-0.2, 0) is 0 Å². The third kappa shape index (κ3) is 1.26. The number of nitrogen functional groups attached to an aromatic ring is 1. The van der Waals surface area contributed by atoms with Crippen LogP contribution in [0.2, 0.25) is 0 Å². The molecule has 2 aromatic rings. The fourth-order valence-electron chi connectivity index (χ4n) is 1.09. The van der Waals surface area contributed by atoms with Crippen molar-refractivity contribution in [2.45, 2.75) is 6.92 Å². The molecule has 6 heteroatoms. The van der Waals surface area contributed by atoms with Gasteiger partial charge in [0.15, 0.2) is 11.5 Å². The van der Waals surface area contributed by atoms with Gasteiger partial charge >= 0.3 is 0 Å². The first kappa shape index (κ1) is 7.78. The van der Waals surface area contributed by atoms with E-state index in [-0.39, 0.29) is 0 Å². The Labute approximate surface area is 74.6 Å². The van der Waals surface area contributed by atoms with Crippen molar-refractivity contribution in [2.24, 2.45) is 0 Å². The zero-order chi connectivity index (χ0) is 9.26. The molecular weight excluding hydrogens is 168 g/mol. The van der Waals surface area contributed by atoms with Crippen molar-refractivity contribution in [3.63, 3.8) is 0 Å². The molecule has 0 bridgehead atoms. The summed E-state index contributed by atoms with van der Waals surface area (Å²) in [5.41, 5.74) is 6.94. The van der Waals surface area contributed by atoms with Gasteiger partial charge in [0.05, 0.1) is 6.33 Å². The van der Waals surface area contributed by atoms with E-state index in [0.717, 1.165) is 6.54 Å². The molecule has 6 nitrogen and oxygen atoms in total. The fraction of sp³-hybridized carbons (Fsp3) is 0.286. The summed E-state index contributed by atoms with van der Waals surface area (Å²) in [6, 6.07) is 0. The average Bonchev–Trinajstić information content (AvgIpc) is 2.53. The summed E-state index contributed by atoms with van der Waals surface area (Å²) in [5, 5.41) is 2.97. The lowest BCUT2D eigenvalue weighted by molar-refractivity contribution is 1.10. The molecule has 13 heavy (non-hydrogen) atoms. The summed E-state index contributed by atoms with van der Waals surface area (Å²) >= 11 is 0. The third-order valence-electron chi connectivity index (χ3n) is 1.65. The van der Waals surface area contributed by atoms with Gasteiger partial charge < -0.3 is 16.0 Å². The van der Waals surface area contributed by atoms with Crippen LogP contribution in [0.3, 0.4) is 0 Å². The zero-order valence-corrected chi connectivity index (χ0v) is 7.20. The monoisotopic (exact) mass is 178 g/mol. The third-order valence-corrected chi connectivity index (χ3v) is 1.65. The zero-order valence-electron chi connectivity index (χ0n) is 7.20. The lowest BCUT2D eigenvalue weighted by Crippen LogP contribution is -2.04. The quantitative estimate of drug-likeness (QED) is 0.617. The Balaban J connectivity index is 2.56. The number of hydrogen-bond acceptors (Lipinski definition) is 5. The number of hydrogen-bond donors (Lipinski definition) is 3. The Morgan fingerprint density at radius 3 is 3.15 bits per heavy atom. The predicted molar refractivity (Wildman–Crippen MR) is 50.3 cm³/mol. The Hall–Kier alpha value is -1.85. The molecule has 0 aliphatic rings. The average molecular weight is 178 g/mol. The van der Waals surface area contributed by atoms with Crippen LogP contribution >= 0.6 is 0 Å². The molecule has 2 heterocycles. The minimum Gasteiger partial charge on any atom is -0.382 e. The highest BCUT2D eigenvalue weighted by Crippen LogP contribution is 2.14. The Morgan fingerprint density at radius 1 is 1.54 bits per heavy atom. The van der Waals surface area contributed by atoms with Gasteiger partial charge in [-0.3, -0.25) is 0 Å². The number of H-pyrrole nitrogens is 1. The van der Waals surface area contributed by atoms with E-state index >= 15 is 0 Å². The fourth-order valence-corrected chi connectivity index (χ4v) is 1.09. The summed E-state index contributed by atoms with van der Waals surface area (Å²) in [4.78, 5) is 15.1. The number of rotatable bonds is 2. The van der Waals surface area contributed by atoms with Crippen molar-refractivity contribution in [1.29, 1.82) is 0 Å². The van der Waals surface area contributed by atoms with Gasteiger partial charge in [0.2, 0.25) is 5.95 Å². The summed E-state index contributed by atoms with van der Waals surface area (Å²) in [6.45, 7) is 2.73. The predicted octanol–water partition coefficient (Wildman–Crippen LogP) is 0.367. The summed E-state index contributed by atoms with van der Waals surface area (Å²) in [5.74, 6) is 0.929. The van der Waals surface area contributed by atoms with Gasteiger partial charge in [-0.25, -0.2) is 4.98 Å². The molecule has 0 radical (unpaired) electrons. The molecule has 68 valence electrons. The number of nitrogens with zero attached hydrogens (tertiary/aromatic N) is 3. The molecule has 0 unspecified atom stereocenters. The van der Waals surface area contributed by atoms with Crippen LogP contribution in [0.5, 0.6) is 0 Å². The van der Waals surface area contributed by atoms with Crippen molar-refractivity contribution in [2.75, 3.05) is 17.6 Å². The van der Waals surface area contributed by atoms with E-state index in [4.69, 9.17) is 5.73 Å². The number of imidazole rings is 1. The van der Waals surface area contributed by atoms with Crippen molar-refractivity contribution in [3.8, 4) is 0 Å². The first-order chi connectivity index (χ1) is 6.31. The first-order valence-electron chi connectivity index (χ1n) is 4.01. The first-order valence-corrected chi connectivity index (χ1v) is 4.01. The molecule has 0 saturated heterocycles. The topological polar surface area (TPSA) is 92.5 Å². The molecule has 4 N–H and O–H groups in total. The molecule has 0 aliphatic heterocycles. The van der Waals surface area contributed by atoms with E-state index < -0.39 is 0 Å². The van der Waals surface area contributed by atoms with E-state index in [0.29, 0.717) is 22.9 Å². The Morgan fingerprint density at radius 2 is 2.38 bits per heavy atom. The maximum absolute atomic E-state index is 5.67. The van der Waals surface area contributed by atoms with Crippen LogP contribution in [-0.4, -0.2) is 26.5 Å². The van der Waals surface area contributed by atoms with Crippen molar-refractivity contribution in [3.05, 3.63) is 6.33 Å². The van der Waals surface area contributed by atoms with Gasteiger partial charge in [0, 0.05) is 6.54 Å². The van der Waals surface area contributed by atoms with Gasteiger partial charge in [-0.2, -0.15) is 9.97 Å². The van der Waals surface area contributed by atoms with Crippen LogP contribution in [0.4, 0.5) is 11.8 Å². The van der Waals surface area contributed by atoms with Crippen LogP contribution in [0.15, 0.2) is 6.33 Å². The van der Waals surface area contributed by atoms with E-state index in [1.807, 2.05) is 6.92 Å². The van der Waals surface area contributed by atoms with Crippen LogP contribution < -0.4 is 11.1 Å². The molecule has 0 amide bonds. The molecule has 0 fully saturated rings. The van der Waals surface area contributed by atoms with Gasteiger partial charge in [-0.1, -0.05) is 0 Å². The maximum atomic E-state index is 5.67. The van der Waals surface area contributed by atoms with Crippen LogP contribution in [0.1, 0.15) is 6.92 Å². The standard InChI is InChI=1S/C7H10N6/c1-2-9-7-12-5(8)4-6(13-7)11-3-10-4/h3H,2H2,1H3,(H4,8,9,10,11,12,13). The Bertz CT molecular complexity index is 420. The second kappa shape index (κ2) is 2.89. The minimum atomic E-state index is 0.415. The highest BCUT2D eigenvalue weighted by Gasteiger charge is 2.05. The molecule has 0 aliphatic carbocycles. The van der Waals surface area contributed by atoms with Crippen LogP contribution in [0.25, 0.3) is 11.2 Å². The largest absolute Gasteiger partial charge is 0.382 e. The van der Waals surface area contributed by atoms with Gasteiger partial charge in [0.1, 0.15) is 5.52 Å². The highest BCUT2D eigenvalue weighted by atomic mass is 15.1. The number of anilines is 2. The van der Waals surface area contributed by atoms with Gasteiger partial charge in [0.25, 0.3) is 0 Å². The van der Waals surface area contributed by atoms with E-state index in [9.17, 15) is 0 Å². The van der Waals surface area contributed by atoms with E-state index in [2.05, 4.69) is 25.3 Å². The number of nitrogens with one attached hydrogen (secondary N) is 2. The molecule has 0 saturated carbocycles. The second-order valence-corrected chi connectivity index (χ2v) is 2.56. The lowest BCUT2D eigenvalue weighted by atomic mass is 10.5. The normalized spacial score (nSPS) is 10.5. The molecular formula is C7H10N6. The lowest BCUT2D eigenvalue weighted by Gasteiger charge is -2.01. The van der Waals surface area contributed by atoms with Gasteiger partial charge in [-0.15, -0.1) is 0 Å². The summed E-state index contributed by atoms with van der Waals surface area (Å²) in [7, 11) is 0. The van der Waals surface area contributed by atoms with Crippen molar-refractivity contribution < 1.29 is 0 Å². The number of fused-ring (bicyclic) bond motifs is 1. The number of aromatic nitrogens is 4. The second-order valence-electron chi connectivity index (χ2n) is 2.56.